The van der Waals surface area contributed by atoms with Crippen LogP contribution in [0.1, 0.15) is 41.4 Å². The molecule has 0 atom stereocenters. The SMILES string of the molecule is Cc1ccc(F)c(NC(=O)c2cc(-c3ccccc3C)nc3c2cnn3C(C)C)c1. The zero-order valence-electron chi connectivity index (χ0n) is 17.4. The van der Waals surface area contributed by atoms with E-state index in [9.17, 15) is 9.18 Å². The van der Waals surface area contributed by atoms with Crippen molar-refractivity contribution in [1.29, 1.82) is 0 Å². The third-order valence-corrected chi connectivity index (χ3v) is 5.09. The van der Waals surface area contributed by atoms with Crippen molar-refractivity contribution < 1.29 is 9.18 Å². The normalized spacial score (nSPS) is 11.3. The average molecular weight is 402 g/mol. The maximum Gasteiger partial charge on any atom is 0.256 e. The van der Waals surface area contributed by atoms with Crippen LogP contribution in [0.5, 0.6) is 0 Å². The standard InChI is InChI=1S/C24H23FN4O/c1-14(2)29-23-19(13-26-29)18(12-21(27-23)17-8-6-5-7-16(17)4)24(30)28-22-11-15(3)9-10-20(22)25/h5-14H,1-4H3,(H,28,30). The highest BCUT2D eigenvalue weighted by Crippen LogP contribution is 2.29. The number of halogens is 1. The van der Waals surface area contributed by atoms with Crippen molar-refractivity contribution in [2.75, 3.05) is 5.32 Å². The smallest absolute Gasteiger partial charge is 0.256 e. The number of carbonyl (C=O) groups is 1. The first-order valence-corrected chi connectivity index (χ1v) is 9.87. The highest BCUT2D eigenvalue weighted by molar-refractivity contribution is 6.12. The lowest BCUT2D eigenvalue weighted by molar-refractivity contribution is 0.102. The summed E-state index contributed by atoms with van der Waals surface area (Å²) in [6, 6.07) is 14.3. The Morgan fingerprint density at radius 3 is 2.60 bits per heavy atom. The van der Waals surface area contributed by atoms with Crippen LogP contribution in [0, 0.1) is 19.7 Å². The number of rotatable bonds is 4. The zero-order valence-corrected chi connectivity index (χ0v) is 17.4. The van der Waals surface area contributed by atoms with Gasteiger partial charge in [0, 0.05) is 11.6 Å². The van der Waals surface area contributed by atoms with Crippen LogP contribution in [0.2, 0.25) is 0 Å². The Labute approximate surface area is 174 Å². The molecule has 2 heterocycles. The van der Waals surface area contributed by atoms with Gasteiger partial charge in [-0.1, -0.05) is 30.3 Å². The van der Waals surface area contributed by atoms with E-state index in [1.54, 1.807) is 29.1 Å². The van der Waals surface area contributed by atoms with Gasteiger partial charge in [-0.3, -0.25) is 4.79 Å². The van der Waals surface area contributed by atoms with E-state index in [-0.39, 0.29) is 11.7 Å². The first-order chi connectivity index (χ1) is 14.3. The van der Waals surface area contributed by atoms with Gasteiger partial charge in [0.05, 0.1) is 28.5 Å². The number of aromatic nitrogens is 3. The molecule has 5 nitrogen and oxygen atoms in total. The molecule has 0 unspecified atom stereocenters. The Hall–Kier alpha value is -3.54. The lowest BCUT2D eigenvalue weighted by Gasteiger charge is -2.12. The molecule has 1 amide bonds. The van der Waals surface area contributed by atoms with Crippen LogP contribution in [0.25, 0.3) is 22.3 Å². The van der Waals surface area contributed by atoms with E-state index in [1.165, 1.54) is 6.07 Å². The summed E-state index contributed by atoms with van der Waals surface area (Å²) in [6.07, 6.45) is 1.64. The van der Waals surface area contributed by atoms with Crippen molar-refractivity contribution in [2.45, 2.75) is 33.7 Å². The summed E-state index contributed by atoms with van der Waals surface area (Å²) >= 11 is 0. The fourth-order valence-corrected chi connectivity index (χ4v) is 3.51. The van der Waals surface area contributed by atoms with Gasteiger partial charge < -0.3 is 5.32 Å². The third-order valence-electron chi connectivity index (χ3n) is 5.09. The average Bonchev–Trinajstić information content (AvgIpc) is 3.14. The van der Waals surface area contributed by atoms with Crippen LogP contribution in [0.4, 0.5) is 10.1 Å². The Kier molecular flexibility index (Phi) is 5.08. The van der Waals surface area contributed by atoms with Crippen LogP contribution < -0.4 is 5.32 Å². The van der Waals surface area contributed by atoms with Crippen molar-refractivity contribution in [3.63, 3.8) is 0 Å². The Balaban J connectivity index is 1.88. The van der Waals surface area contributed by atoms with E-state index in [4.69, 9.17) is 4.98 Å². The van der Waals surface area contributed by atoms with E-state index in [0.717, 1.165) is 16.7 Å². The van der Waals surface area contributed by atoms with E-state index >= 15 is 0 Å². The van der Waals surface area contributed by atoms with E-state index in [1.807, 2.05) is 52.0 Å². The number of nitrogens with one attached hydrogen (secondary N) is 1. The van der Waals surface area contributed by atoms with Gasteiger partial charge in [0.25, 0.3) is 5.91 Å². The summed E-state index contributed by atoms with van der Waals surface area (Å²) in [4.78, 5) is 18.0. The molecule has 0 saturated carbocycles. The van der Waals surface area contributed by atoms with E-state index in [0.29, 0.717) is 22.3 Å². The number of carbonyl (C=O) groups excluding carboxylic acids is 1. The number of fused-ring (bicyclic) bond motifs is 1. The molecular formula is C24H23FN4O. The maximum absolute atomic E-state index is 14.2. The second-order valence-electron chi connectivity index (χ2n) is 7.73. The summed E-state index contributed by atoms with van der Waals surface area (Å²) in [5.74, 6) is -0.874. The number of hydrogen-bond donors (Lipinski definition) is 1. The molecule has 0 bridgehead atoms. The summed E-state index contributed by atoms with van der Waals surface area (Å²) in [5, 5.41) is 7.78. The lowest BCUT2D eigenvalue weighted by Crippen LogP contribution is -2.14. The van der Waals surface area contributed by atoms with Gasteiger partial charge in [0.2, 0.25) is 0 Å². The molecule has 0 saturated heterocycles. The molecule has 0 aliphatic carbocycles. The van der Waals surface area contributed by atoms with Gasteiger partial charge in [-0.15, -0.1) is 0 Å². The number of aryl methyl sites for hydroxylation is 2. The van der Waals surface area contributed by atoms with Crippen LogP contribution in [0.15, 0.2) is 54.7 Å². The number of anilines is 1. The first-order valence-electron chi connectivity index (χ1n) is 9.87. The molecule has 2 aromatic carbocycles. The van der Waals surface area contributed by atoms with Crippen molar-refractivity contribution in [2.24, 2.45) is 0 Å². The predicted octanol–water partition coefficient (Wildman–Crippen LogP) is 5.69. The Morgan fingerprint density at radius 1 is 1.10 bits per heavy atom. The fraction of sp³-hybridized carbons (Fsp3) is 0.208. The first kappa shape index (κ1) is 19.8. The van der Waals surface area contributed by atoms with Crippen molar-refractivity contribution in [1.82, 2.24) is 14.8 Å². The Bertz CT molecular complexity index is 1260. The predicted molar refractivity (Wildman–Crippen MR) is 117 cm³/mol. The number of hydrogen-bond acceptors (Lipinski definition) is 3. The lowest BCUT2D eigenvalue weighted by atomic mass is 10.0. The summed E-state index contributed by atoms with van der Waals surface area (Å²) in [5.41, 5.74) is 4.71. The number of nitrogens with zero attached hydrogens (tertiary/aromatic N) is 3. The number of pyridine rings is 1. The highest BCUT2D eigenvalue weighted by Gasteiger charge is 2.20. The van der Waals surface area contributed by atoms with Gasteiger partial charge in [-0.25, -0.2) is 14.1 Å². The molecule has 0 fully saturated rings. The molecular weight excluding hydrogens is 379 g/mol. The van der Waals surface area contributed by atoms with Crippen molar-refractivity contribution in [3.05, 3.63) is 77.2 Å². The van der Waals surface area contributed by atoms with Crippen molar-refractivity contribution in [3.8, 4) is 11.3 Å². The largest absolute Gasteiger partial charge is 0.319 e. The van der Waals surface area contributed by atoms with Gasteiger partial charge in [0.1, 0.15) is 5.82 Å². The third kappa shape index (κ3) is 3.56. The molecule has 152 valence electrons. The fourth-order valence-electron chi connectivity index (χ4n) is 3.51. The number of benzene rings is 2. The molecule has 4 rings (SSSR count). The van der Waals surface area contributed by atoms with Gasteiger partial charge >= 0.3 is 0 Å². The molecule has 0 spiro atoms. The minimum Gasteiger partial charge on any atom is -0.319 e. The van der Waals surface area contributed by atoms with Gasteiger partial charge in [-0.2, -0.15) is 5.10 Å². The van der Waals surface area contributed by atoms with Crippen LogP contribution in [-0.2, 0) is 0 Å². The number of amides is 1. The Morgan fingerprint density at radius 2 is 1.87 bits per heavy atom. The van der Waals surface area contributed by atoms with E-state index in [2.05, 4.69) is 10.4 Å². The topological polar surface area (TPSA) is 59.8 Å². The summed E-state index contributed by atoms with van der Waals surface area (Å²) in [6.45, 7) is 7.87. The quantitative estimate of drug-likeness (QED) is 0.477. The van der Waals surface area contributed by atoms with Gasteiger partial charge in [-0.05, 0) is 57.0 Å². The minimum atomic E-state index is -0.476. The second-order valence-corrected chi connectivity index (χ2v) is 7.73. The maximum atomic E-state index is 14.2. The highest BCUT2D eigenvalue weighted by atomic mass is 19.1. The molecule has 0 radical (unpaired) electrons. The molecule has 0 aliphatic heterocycles. The molecule has 6 heteroatoms. The van der Waals surface area contributed by atoms with E-state index < -0.39 is 11.7 Å². The van der Waals surface area contributed by atoms with Crippen molar-refractivity contribution >= 4 is 22.6 Å². The van der Waals surface area contributed by atoms with Crippen LogP contribution in [0.3, 0.4) is 0 Å². The monoisotopic (exact) mass is 402 g/mol. The van der Waals surface area contributed by atoms with Crippen LogP contribution in [-0.4, -0.2) is 20.7 Å². The summed E-state index contributed by atoms with van der Waals surface area (Å²) < 4.78 is 16.0. The molecule has 2 aromatic heterocycles. The van der Waals surface area contributed by atoms with Crippen LogP contribution >= 0.6 is 0 Å². The second kappa shape index (κ2) is 7.71. The van der Waals surface area contributed by atoms with Gasteiger partial charge in [0.15, 0.2) is 5.65 Å². The zero-order chi connectivity index (χ0) is 21.4. The molecule has 0 aliphatic rings. The summed E-state index contributed by atoms with van der Waals surface area (Å²) in [7, 11) is 0. The molecule has 4 aromatic rings. The minimum absolute atomic E-state index is 0.0762. The molecule has 1 N–H and O–H groups in total. The molecule has 30 heavy (non-hydrogen) atoms.